The molecular weight excluding hydrogens is 208 g/mol. The molecule has 0 saturated carbocycles. The van der Waals surface area contributed by atoms with Gasteiger partial charge in [0.2, 0.25) is 0 Å². The van der Waals surface area contributed by atoms with Gasteiger partial charge < -0.3 is 15.2 Å². The highest BCUT2D eigenvalue weighted by Crippen LogP contribution is 2.01. The maximum atomic E-state index is 11.4. The van der Waals surface area contributed by atoms with Crippen molar-refractivity contribution in [2.75, 3.05) is 20.3 Å². The van der Waals surface area contributed by atoms with Gasteiger partial charge in [-0.1, -0.05) is 6.07 Å². The van der Waals surface area contributed by atoms with Gasteiger partial charge in [-0.15, -0.1) is 0 Å². The fourth-order valence-electron chi connectivity index (χ4n) is 1.19. The molecular formula is C11H16N2O3. The highest BCUT2D eigenvalue weighted by Gasteiger charge is 2.15. The molecule has 0 aliphatic rings. The van der Waals surface area contributed by atoms with Gasteiger partial charge in [0.1, 0.15) is 12.6 Å². The zero-order valence-electron chi connectivity index (χ0n) is 9.26. The largest absolute Gasteiger partial charge is 0.462 e. The average Bonchev–Trinajstić information content (AvgIpc) is 2.30. The average molecular weight is 224 g/mol. The molecule has 1 heterocycles. The molecule has 0 amide bonds. The first kappa shape index (κ1) is 12.6. The van der Waals surface area contributed by atoms with Crippen molar-refractivity contribution in [2.24, 2.45) is 5.73 Å². The van der Waals surface area contributed by atoms with E-state index in [-0.39, 0.29) is 6.61 Å². The summed E-state index contributed by atoms with van der Waals surface area (Å²) in [4.78, 5) is 15.3. The summed E-state index contributed by atoms with van der Waals surface area (Å²) < 4.78 is 9.67. The highest BCUT2D eigenvalue weighted by molar-refractivity contribution is 5.75. The molecule has 1 atom stereocenters. The monoisotopic (exact) mass is 224 g/mol. The van der Waals surface area contributed by atoms with Gasteiger partial charge in [0.25, 0.3) is 0 Å². The zero-order valence-corrected chi connectivity index (χ0v) is 9.26. The van der Waals surface area contributed by atoms with Crippen LogP contribution in [-0.2, 0) is 20.7 Å². The number of nitrogens with zero attached hydrogens (tertiary/aromatic N) is 1. The molecule has 5 nitrogen and oxygen atoms in total. The van der Waals surface area contributed by atoms with Crippen LogP contribution in [0.1, 0.15) is 5.56 Å². The fourth-order valence-corrected chi connectivity index (χ4v) is 1.19. The van der Waals surface area contributed by atoms with Crippen molar-refractivity contribution in [1.82, 2.24) is 4.98 Å². The Balaban J connectivity index is 2.34. The van der Waals surface area contributed by atoms with E-state index in [0.29, 0.717) is 13.0 Å². The van der Waals surface area contributed by atoms with E-state index in [1.165, 1.54) is 0 Å². The third kappa shape index (κ3) is 4.37. The van der Waals surface area contributed by atoms with Crippen LogP contribution < -0.4 is 5.73 Å². The molecule has 0 aliphatic heterocycles. The summed E-state index contributed by atoms with van der Waals surface area (Å²) in [5, 5.41) is 0. The van der Waals surface area contributed by atoms with Crippen molar-refractivity contribution in [3.8, 4) is 0 Å². The summed E-state index contributed by atoms with van der Waals surface area (Å²) in [6.07, 6.45) is 3.79. The number of hydrogen-bond acceptors (Lipinski definition) is 5. The first-order chi connectivity index (χ1) is 7.74. The maximum Gasteiger partial charge on any atom is 0.323 e. The smallest absolute Gasteiger partial charge is 0.323 e. The molecule has 0 spiro atoms. The van der Waals surface area contributed by atoms with Crippen LogP contribution in [0.25, 0.3) is 0 Å². The van der Waals surface area contributed by atoms with Crippen LogP contribution in [0.15, 0.2) is 24.5 Å². The molecule has 2 N–H and O–H groups in total. The number of carbonyl (C=O) groups is 1. The molecule has 0 aromatic carbocycles. The Kier molecular flexibility index (Phi) is 5.45. The lowest BCUT2D eigenvalue weighted by Gasteiger charge is -2.10. The van der Waals surface area contributed by atoms with Gasteiger partial charge in [0.05, 0.1) is 6.61 Å². The molecule has 0 bridgehead atoms. The minimum atomic E-state index is -0.652. The van der Waals surface area contributed by atoms with Crippen LogP contribution in [0.2, 0.25) is 0 Å². The van der Waals surface area contributed by atoms with Gasteiger partial charge >= 0.3 is 5.97 Å². The molecule has 0 fully saturated rings. The van der Waals surface area contributed by atoms with E-state index in [1.54, 1.807) is 25.6 Å². The third-order valence-electron chi connectivity index (χ3n) is 2.01. The minimum Gasteiger partial charge on any atom is -0.462 e. The van der Waals surface area contributed by atoms with E-state index >= 15 is 0 Å². The number of methoxy groups -OCH3 is 1. The highest BCUT2D eigenvalue weighted by atomic mass is 16.6. The zero-order chi connectivity index (χ0) is 11.8. The van der Waals surface area contributed by atoms with Gasteiger partial charge in [-0.05, 0) is 18.1 Å². The lowest BCUT2D eigenvalue weighted by molar-refractivity contribution is -0.146. The number of carbonyl (C=O) groups excluding carboxylic acids is 1. The number of hydrogen-bond donors (Lipinski definition) is 1. The molecule has 1 aromatic rings. The van der Waals surface area contributed by atoms with Crippen molar-refractivity contribution in [2.45, 2.75) is 12.5 Å². The van der Waals surface area contributed by atoms with Crippen LogP contribution in [0.5, 0.6) is 0 Å². The van der Waals surface area contributed by atoms with Crippen LogP contribution >= 0.6 is 0 Å². The quantitative estimate of drug-likeness (QED) is 0.549. The van der Waals surface area contributed by atoms with E-state index in [0.717, 1.165) is 5.56 Å². The predicted octanol–water partition coefficient (Wildman–Crippen LogP) is 0.141. The van der Waals surface area contributed by atoms with Crippen LogP contribution in [0, 0.1) is 0 Å². The minimum absolute atomic E-state index is 0.232. The predicted molar refractivity (Wildman–Crippen MR) is 58.8 cm³/mol. The number of nitrogens with two attached hydrogens (primary N) is 1. The number of rotatable bonds is 6. The molecule has 1 rings (SSSR count). The summed E-state index contributed by atoms with van der Waals surface area (Å²) in [7, 11) is 1.55. The lowest BCUT2D eigenvalue weighted by Crippen LogP contribution is -2.35. The van der Waals surface area contributed by atoms with Crippen LogP contribution in [0.4, 0.5) is 0 Å². The number of ether oxygens (including phenoxy) is 2. The second-order valence-electron chi connectivity index (χ2n) is 3.33. The molecule has 1 aromatic heterocycles. The van der Waals surface area contributed by atoms with Crippen molar-refractivity contribution in [1.29, 1.82) is 0 Å². The molecule has 5 heteroatoms. The lowest BCUT2D eigenvalue weighted by atomic mass is 10.1. The number of esters is 1. The van der Waals surface area contributed by atoms with Crippen molar-refractivity contribution in [3.63, 3.8) is 0 Å². The van der Waals surface area contributed by atoms with E-state index in [2.05, 4.69) is 4.98 Å². The summed E-state index contributed by atoms with van der Waals surface area (Å²) >= 11 is 0. The van der Waals surface area contributed by atoms with Crippen molar-refractivity contribution in [3.05, 3.63) is 30.1 Å². The number of aromatic nitrogens is 1. The normalized spacial score (nSPS) is 12.1. The Morgan fingerprint density at radius 2 is 2.38 bits per heavy atom. The van der Waals surface area contributed by atoms with Crippen molar-refractivity contribution < 1.29 is 14.3 Å². The van der Waals surface area contributed by atoms with Gasteiger partial charge in [-0.3, -0.25) is 9.78 Å². The van der Waals surface area contributed by atoms with Crippen LogP contribution in [-0.4, -0.2) is 37.3 Å². The first-order valence-electron chi connectivity index (χ1n) is 5.04. The Morgan fingerprint density at radius 1 is 1.56 bits per heavy atom. The van der Waals surface area contributed by atoms with Crippen molar-refractivity contribution >= 4 is 5.97 Å². The fraction of sp³-hybridized carbons (Fsp3) is 0.455. The van der Waals surface area contributed by atoms with E-state index in [9.17, 15) is 4.79 Å². The Labute approximate surface area is 94.6 Å². The van der Waals surface area contributed by atoms with Gasteiger partial charge in [-0.25, -0.2) is 0 Å². The van der Waals surface area contributed by atoms with Gasteiger partial charge in [0, 0.05) is 19.5 Å². The third-order valence-corrected chi connectivity index (χ3v) is 2.01. The standard InChI is InChI=1S/C11H16N2O3/c1-15-5-6-16-11(14)10(12)7-9-3-2-4-13-8-9/h2-4,8,10H,5-7,12H2,1H3/t10-/m1/s1. The molecule has 88 valence electrons. The van der Waals surface area contributed by atoms with Crippen LogP contribution in [0.3, 0.4) is 0 Å². The second kappa shape index (κ2) is 6.92. The molecule has 0 radical (unpaired) electrons. The topological polar surface area (TPSA) is 74.4 Å². The van der Waals surface area contributed by atoms with Gasteiger partial charge in [-0.2, -0.15) is 0 Å². The van der Waals surface area contributed by atoms with E-state index in [4.69, 9.17) is 15.2 Å². The van der Waals surface area contributed by atoms with Gasteiger partial charge in [0.15, 0.2) is 0 Å². The second-order valence-corrected chi connectivity index (χ2v) is 3.33. The molecule has 0 aliphatic carbocycles. The Hall–Kier alpha value is -1.46. The summed E-state index contributed by atoms with van der Waals surface area (Å²) in [6, 6.07) is 3.02. The maximum absolute atomic E-state index is 11.4. The Bertz CT molecular complexity index is 316. The number of pyridine rings is 1. The SMILES string of the molecule is COCCOC(=O)[C@H](N)Cc1cccnc1. The first-order valence-corrected chi connectivity index (χ1v) is 5.04. The summed E-state index contributed by atoms with van der Waals surface area (Å²) in [5.41, 5.74) is 6.60. The van der Waals surface area contributed by atoms with E-state index in [1.807, 2.05) is 6.07 Å². The summed E-state index contributed by atoms with van der Waals surface area (Å²) in [5.74, 6) is -0.416. The molecule has 0 unspecified atom stereocenters. The summed E-state index contributed by atoms with van der Waals surface area (Å²) in [6.45, 7) is 0.613. The molecule has 16 heavy (non-hydrogen) atoms. The molecule has 0 saturated heterocycles. The van der Waals surface area contributed by atoms with E-state index < -0.39 is 12.0 Å². The Morgan fingerprint density at radius 3 is 3.00 bits per heavy atom.